The fourth-order valence-corrected chi connectivity index (χ4v) is 1.51. The van der Waals surface area contributed by atoms with Gasteiger partial charge in [0, 0.05) is 6.54 Å². The average molecular weight is 181 g/mol. The fraction of sp³-hybridized carbons (Fsp3) is 0.556. The molecule has 1 heterocycles. The van der Waals surface area contributed by atoms with E-state index in [0.29, 0.717) is 13.0 Å². The third kappa shape index (κ3) is 2.00. The summed E-state index contributed by atoms with van der Waals surface area (Å²) < 4.78 is 0. The molecule has 1 fully saturated rings. The normalized spacial score (nSPS) is 21.2. The number of carboxylic acid groups (broad SMARTS) is 1. The lowest BCUT2D eigenvalue weighted by molar-refractivity contribution is -0.147. The highest BCUT2D eigenvalue weighted by atomic mass is 16.4. The Bertz CT molecular complexity index is 267. The Hall–Kier alpha value is -1.50. The SMILES string of the molecule is C#CCC(=O)N1CCC[C@@H]1C(=O)O. The predicted molar refractivity (Wildman–Crippen MR) is 45.8 cm³/mol. The Balaban J connectivity index is 2.64. The number of likely N-dealkylation sites (tertiary alicyclic amines) is 1. The molecule has 0 bridgehead atoms. The van der Waals surface area contributed by atoms with Gasteiger partial charge in [-0.25, -0.2) is 4.79 Å². The summed E-state index contributed by atoms with van der Waals surface area (Å²) in [4.78, 5) is 23.3. The number of nitrogens with zero attached hydrogens (tertiary/aromatic N) is 1. The van der Waals surface area contributed by atoms with Crippen LogP contribution in [-0.2, 0) is 9.59 Å². The van der Waals surface area contributed by atoms with Gasteiger partial charge in [-0.3, -0.25) is 4.79 Å². The molecule has 0 saturated carbocycles. The van der Waals surface area contributed by atoms with E-state index >= 15 is 0 Å². The molecule has 1 rings (SSSR count). The van der Waals surface area contributed by atoms with Crippen molar-refractivity contribution in [2.75, 3.05) is 6.54 Å². The first kappa shape index (κ1) is 9.59. The molecule has 70 valence electrons. The minimum Gasteiger partial charge on any atom is -0.480 e. The van der Waals surface area contributed by atoms with Gasteiger partial charge in [-0.15, -0.1) is 6.42 Å². The van der Waals surface area contributed by atoms with Crippen LogP contribution in [0.3, 0.4) is 0 Å². The van der Waals surface area contributed by atoms with Crippen molar-refractivity contribution in [3.63, 3.8) is 0 Å². The van der Waals surface area contributed by atoms with Gasteiger partial charge >= 0.3 is 5.97 Å². The van der Waals surface area contributed by atoms with Crippen molar-refractivity contribution in [1.82, 2.24) is 4.90 Å². The number of hydrogen-bond donors (Lipinski definition) is 1. The molecule has 4 heteroatoms. The number of carbonyl (C=O) groups is 2. The standard InChI is InChI=1S/C9H11NO3/c1-2-4-8(11)10-6-3-5-7(10)9(12)13/h1,7H,3-6H2,(H,12,13)/t7-/m1/s1. The van der Waals surface area contributed by atoms with Crippen molar-refractivity contribution in [3.8, 4) is 12.3 Å². The third-order valence-corrected chi connectivity index (χ3v) is 2.11. The van der Waals surface area contributed by atoms with Crippen LogP contribution in [0.2, 0.25) is 0 Å². The minimum atomic E-state index is -0.942. The molecule has 0 unspecified atom stereocenters. The summed E-state index contributed by atoms with van der Waals surface area (Å²) in [7, 11) is 0. The molecule has 1 N–H and O–H groups in total. The minimum absolute atomic E-state index is 0.0101. The van der Waals surface area contributed by atoms with E-state index in [1.807, 2.05) is 0 Å². The molecule has 0 aromatic heterocycles. The molecule has 4 nitrogen and oxygen atoms in total. The van der Waals surface area contributed by atoms with Gasteiger partial charge in [0.1, 0.15) is 6.04 Å². The van der Waals surface area contributed by atoms with Crippen LogP contribution in [-0.4, -0.2) is 34.5 Å². The number of hydrogen-bond acceptors (Lipinski definition) is 2. The Kier molecular flexibility index (Phi) is 2.91. The van der Waals surface area contributed by atoms with E-state index in [-0.39, 0.29) is 12.3 Å². The lowest BCUT2D eigenvalue weighted by Gasteiger charge is -2.19. The van der Waals surface area contributed by atoms with E-state index in [2.05, 4.69) is 5.92 Å². The Morgan fingerprint density at radius 3 is 2.85 bits per heavy atom. The molecule has 0 radical (unpaired) electrons. The summed E-state index contributed by atoms with van der Waals surface area (Å²) in [6.45, 7) is 0.511. The van der Waals surface area contributed by atoms with Crippen LogP contribution in [0.5, 0.6) is 0 Å². The summed E-state index contributed by atoms with van der Waals surface area (Å²) in [6.07, 6.45) is 6.24. The highest BCUT2D eigenvalue weighted by Crippen LogP contribution is 2.17. The summed E-state index contributed by atoms with van der Waals surface area (Å²) in [5.74, 6) is 1.02. The first-order valence-corrected chi connectivity index (χ1v) is 4.12. The number of carboxylic acids is 1. The molecule has 0 aliphatic carbocycles. The number of amides is 1. The Morgan fingerprint density at radius 2 is 2.31 bits per heavy atom. The van der Waals surface area contributed by atoms with Crippen LogP contribution < -0.4 is 0 Å². The first-order chi connectivity index (χ1) is 6.16. The molecule has 1 aliphatic rings. The molecular formula is C9H11NO3. The molecule has 1 amide bonds. The van der Waals surface area contributed by atoms with E-state index in [1.54, 1.807) is 0 Å². The van der Waals surface area contributed by atoms with Gasteiger partial charge in [0.25, 0.3) is 0 Å². The van der Waals surface area contributed by atoms with Crippen molar-refractivity contribution in [2.45, 2.75) is 25.3 Å². The number of rotatable bonds is 2. The second kappa shape index (κ2) is 3.94. The lowest BCUT2D eigenvalue weighted by atomic mass is 10.2. The Labute approximate surface area is 76.5 Å². The number of carbonyl (C=O) groups excluding carboxylic acids is 1. The third-order valence-electron chi connectivity index (χ3n) is 2.11. The van der Waals surface area contributed by atoms with Gasteiger partial charge in [0.15, 0.2) is 0 Å². The maximum atomic E-state index is 11.3. The van der Waals surface area contributed by atoms with Gasteiger partial charge < -0.3 is 10.0 Å². The summed E-state index contributed by atoms with van der Waals surface area (Å²) in [6, 6.07) is -0.666. The quantitative estimate of drug-likeness (QED) is 0.614. The van der Waals surface area contributed by atoms with Gasteiger partial charge in [-0.05, 0) is 12.8 Å². The zero-order valence-corrected chi connectivity index (χ0v) is 7.19. The topological polar surface area (TPSA) is 57.6 Å². The molecule has 1 saturated heterocycles. The zero-order valence-electron chi connectivity index (χ0n) is 7.19. The molecule has 0 aromatic carbocycles. The summed E-state index contributed by atoms with van der Waals surface area (Å²) in [5.41, 5.74) is 0. The van der Waals surface area contributed by atoms with Gasteiger partial charge in [-0.2, -0.15) is 0 Å². The smallest absolute Gasteiger partial charge is 0.326 e. The van der Waals surface area contributed by atoms with Crippen LogP contribution >= 0.6 is 0 Å². The molecule has 0 aromatic rings. The molecule has 0 spiro atoms. The van der Waals surface area contributed by atoms with Gasteiger partial charge in [0.05, 0.1) is 6.42 Å². The van der Waals surface area contributed by atoms with Crippen LogP contribution in [0.25, 0.3) is 0 Å². The monoisotopic (exact) mass is 181 g/mol. The van der Waals surface area contributed by atoms with Gasteiger partial charge in [0.2, 0.25) is 5.91 Å². The number of aliphatic carboxylic acids is 1. The lowest BCUT2D eigenvalue weighted by Crippen LogP contribution is -2.40. The summed E-state index contributed by atoms with van der Waals surface area (Å²) in [5, 5.41) is 8.76. The second-order valence-corrected chi connectivity index (χ2v) is 2.96. The van der Waals surface area contributed by atoms with Crippen molar-refractivity contribution in [2.24, 2.45) is 0 Å². The van der Waals surface area contributed by atoms with Gasteiger partial charge in [-0.1, -0.05) is 5.92 Å². The first-order valence-electron chi connectivity index (χ1n) is 4.12. The molecule has 1 atom stereocenters. The maximum Gasteiger partial charge on any atom is 0.326 e. The highest BCUT2D eigenvalue weighted by Gasteiger charge is 2.33. The van der Waals surface area contributed by atoms with E-state index in [1.165, 1.54) is 4.90 Å². The van der Waals surface area contributed by atoms with Crippen LogP contribution in [0, 0.1) is 12.3 Å². The molecular weight excluding hydrogens is 170 g/mol. The van der Waals surface area contributed by atoms with Crippen molar-refractivity contribution < 1.29 is 14.7 Å². The van der Waals surface area contributed by atoms with Crippen molar-refractivity contribution >= 4 is 11.9 Å². The number of terminal acetylenes is 1. The van der Waals surface area contributed by atoms with E-state index in [9.17, 15) is 9.59 Å². The Morgan fingerprint density at radius 1 is 1.62 bits per heavy atom. The average Bonchev–Trinajstić information content (AvgIpc) is 2.52. The maximum absolute atomic E-state index is 11.3. The predicted octanol–water partition coefficient (Wildman–Crippen LogP) is 0.0853. The highest BCUT2D eigenvalue weighted by molar-refractivity contribution is 5.85. The second-order valence-electron chi connectivity index (χ2n) is 2.96. The van der Waals surface area contributed by atoms with Crippen molar-refractivity contribution in [3.05, 3.63) is 0 Å². The van der Waals surface area contributed by atoms with Crippen LogP contribution in [0.4, 0.5) is 0 Å². The summed E-state index contributed by atoms with van der Waals surface area (Å²) >= 11 is 0. The van der Waals surface area contributed by atoms with E-state index in [0.717, 1.165) is 6.42 Å². The van der Waals surface area contributed by atoms with Crippen molar-refractivity contribution in [1.29, 1.82) is 0 Å². The molecule has 13 heavy (non-hydrogen) atoms. The van der Waals surface area contributed by atoms with E-state index in [4.69, 9.17) is 11.5 Å². The fourth-order valence-electron chi connectivity index (χ4n) is 1.51. The van der Waals surface area contributed by atoms with Crippen LogP contribution in [0.15, 0.2) is 0 Å². The van der Waals surface area contributed by atoms with Crippen LogP contribution in [0.1, 0.15) is 19.3 Å². The zero-order chi connectivity index (χ0) is 9.84. The largest absolute Gasteiger partial charge is 0.480 e. The van der Waals surface area contributed by atoms with E-state index < -0.39 is 12.0 Å². The molecule has 1 aliphatic heterocycles.